The average molecular weight is 1020 g/mol. The summed E-state index contributed by atoms with van der Waals surface area (Å²) in [6, 6.07) is 0. The molecule has 6 heteroatoms. The van der Waals surface area contributed by atoms with Crippen LogP contribution in [0.25, 0.3) is 0 Å². The standard InChI is InChI=1S/C67H114O6/c1-4-7-10-13-16-19-22-25-27-29-31-32-33-34-36-37-39-42-45-48-51-54-57-60-66(69)72-63-64(62-71-65(68)59-56-53-50-47-44-41-24-21-18-15-12-9-6-3)73-67(70)61-58-55-52-49-46-43-40-38-35-30-28-26-23-20-17-14-11-8-5-2/h7,10,16,19,21,24-28,31-32,34,36,39,42,64H,4-6,8-9,11-15,17-18,20,22-23,29-30,33,35,37-38,40-41,43-63H2,1-3H3/b10-7-,19-16-,24-21-,27-25-,28-26-,32-31-,36-34-,42-39-. The molecule has 0 fully saturated rings. The third kappa shape index (κ3) is 59.1. The lowest BCUT2D eigenvalue weighted by Gasteiger charge is -2.18. The summed E-state index contributed by atoms with van der Waals surface area (Å²) in [6.07, 6.45) is 81.1. The molecule has 0 aliphatic heterocycles. The van der Waals surface area contributed by atoms with Gasteiger partial charge < -0.3 is 14.2 Å². The van der Waals surface area contributed by atoms with E-state index in [1.165, 1.54) is 135 Å². The molecule has 0 saturated carbocycles. The van der Waals surface area contributed by atoms with Gasteiger partial charge in [0.1, 0.15) is 13.2 Å². The maximum Gasteiger partial charge on any atom is 0.306 e. The number of hydrogen-bond donors (Lipinski definition) is 0. The third-order valence-corrected chi connectivity index (χ3v) is 13.0. The number of esters is 3. The minimum Gasteiger partial charge on any atom is -0.462 e. The molecule has 1 atom stereocenters. The Labute approximate surface area is 451 Å². The minimum atomic E-state index is -0.794. The second kappa shape index (κ2) is 60.9. The average Bonchev–Trinajstić information content (AvgIpc) is 3.39. The molecule has 0 aromatic carbocycles. The van der Waals surface area contributed by atoms with Crippen LogP contribution in [0.5, 0.6) is 0 Å². The van der Waals surface area contributed by atoms with E-state index < -0.39 is 6.10 Å². The van der Waals surface area contributed by atoms with Gasteiger partial charge in [0.15, 0.2) is 6.10 Å². The Morgan fingerprint density at radius 2 is 0.534 bits per heavy atom. The van der Waals surface area contributed by atoms with Crippen molar-refractivity contribution < 1.29 is 28.6 Å². The van der Waals surface area contributed by atoms with Crippen LogP contribution in [-0.4, -0.2) is 37.2 Å². The first kappa shape index (κ1) is 69.3. The van der Waals surface area contributed by atoms with Gasteiger partial charge in [0.25, 0.3) is 0 Å². The van der Waals surface area contributed by atoms with Crippen molar-refractivity contribution in [3.8, 4) is 0 Å². The molecular formula is C67H114O6. The van der Waals surface area contributed by atoms with E-state index in [1.54, 1.807) is 0 Å². The largest absolute Gasteiger partial charge is 0.462 e. The summed E-state index contributed by atoms with van der Waals surface area (Å²) in [5.41, 5.74) is 0. The number of unbranched alkanes of at least 4 members (excludes halogenated alkanes) is 28. The van der Waals surface area contributed by atoms with Crippen molar-refractivity contribution >= 4 is 17.9 Å². The summed E-state index contributed by atoms with van der Waals surface area (Å²) in [4.78, 5) is 38.2. The summed E-state index contributed by atoms with van der Waals surface area (Å²) in [5.74, 6) is -0.920. The lowest BCUT2D eigenvalue weighted by Crippen LogP contribution is -2.30. The lowest BCUT2D eigenvalue weighted by molar-refractivity contribution is -0.167. The van der Waals surface area contributed by atoms with Crippen LogP contribution in [0.4, 0.5) is 0 Å². The van der Waals surface area contributed by atoms with Gasteiger partial charge in [0.05, 0.1) is 0 Å². The first-order valence-electron chi connectivity index (χ1n) is 30.7. The molecule has 1 unspecified atom stereocenters. The van der Waals surface area contributed by atoms with Gasteiger partial charge in [-0.2, -0.15) is 0 Å². The minimum absolute atomic E-state index is 0.0906. The molecule has 0 aromatic heterocycles. The van der Waals surface area contributed by atoms with E-state index in [0.29, 0.717) is 19.3 Å². The Kier molecular flexibility index (Phi) is 57.8. The van der Waals surface area contributed by atoms with Gasteiger partial charge in [0, 0.05) is 19.3 Å². The second-order valence-corrected chi connectivity index (χ2v) is 20.2. The zero-order valence-electron chi connectivity index (χ0n) is 47.9. The highest BCUT2D eigenvalue weighted by molar-refractivity contribution is 5.71. The highest BCUT2D eigenvalue weighted by Crippen LogP contribution is 2.15. The van der Waals surface area contributed by atoms with Gasteiger partial charge in [0.2, 0.25) is 0 Å². The molecule has 0 rings (SSSR count). The monoisotopic (exact) mass is 1010 g/mol. The van der Waals surface area contributed by atoms with Gasteiger partial charge >= 0.3 is 17.9 Å². The molecular weight excluding hydrogens is 901 g/mol. The third-order valence-electron chi connectivity index (χ3n) is 13.0. The van der Waals surface area contributed by atoms with Gasteiger partial charge in [-0.15, -0.1) is 0 Å². The maximum atomic E-state index is 12.9. The molecule has 6 nitrogen and oxygen atoms in total. The van der Waals surface area contributed by atoms with Crippen LogP contribution in [0.1, 0.15) is 290 Å². The van der Waals surface area contributed by atoms with E-state index >= 15 is 0 Å². The van der Waals surface area contributed by atoms with Crippen LogP contribution >= 0.6 is 0 Å². The Hall–Kier alpha value is -3.67. The van der Waals surface area contributed by atoms with Crippen molar-refractivity contribution in [1.82, 2.24) is 0 Å². The highest BCUT2D eigenvalue weighted by atomic mass is 16.6. The van der Waals surface area contributed by atoms with Crippen molar-refractivity contribution in [2.75, 3.05) is 13.2 Å². The number of allylic oxidation sites excluding steroid dienone is 16. The van der Waals surface area contributed by atoms with Gasteiger partial charge in [-0.1, -0.05) is 246 Å². The SMILES string of the molecule is CC/C=C\C/C=C\C/C=C\C/C=C\C/C=C\C/C=C\CCCCCCC(=O)OCC(COC(=O)CCCCCCC/C=C\CCCCCC)OC(=O)CCCCCCCCCCC/C=C\CCCCCCCC. The Bertz CT molecular complexity index is 1440. The van der Waals surface area contributed by atoms with E-state index in [0.717, 1.165) is 116 Å². The molecule has 0 amide bonds. The predicted molar refractivity (Wildman–Crippen MR) is 316 cm³/mol. The summed E-state index contributed by atoms with van der Waals surface area (Å²) >= 11 is 0. The van der Waals surface area contributed by atoms with E-state index in [-0.39, 0.29) is 31.1 Å². The van der Waals surface area contributed by atoms with Gasteiger partial charge in [-0.05, 0) is 122 Å². The second-order valence-electron chi connectivity index (χ2n) is 20.2. The van der Waals surface area contributed by atoms with Crippen molar-refractivity contribution in [2.45, 2.75) is 297 Å². The van der Waals surface area contributed by atoms with E-state index in [2.05, 4.69) is 118 Å². The van der Waals surface area contributed by atoms with Crippen LogP contribution in [0, 0.1) is 0 Å². The number of carbonyl (C=O) groups is 3. The van der Waals surface area contributed by atoms with Crippen LogP contribution < -0.4 is 0 Å². The van der Waals surface area contributed by atoms with Crippen LogP contribution in [-0.2, 0) is 28.6 Å². The van der Waals surface area contributed by atoms with Gasteiger partial charge in [-0.3, -0.25) is 14.4 Å². The fourth-order valence-electron chi connectivity index (χ4n) is 8.44. The Morgan fingerprint density at radius 3 is 0.863 bits per heavy atom. The molecule has 0 bridgehead atoms. The first-order valence-corrected chi connectivity index (χ1v) is 30.7. The normalized spacial score (nSPS) is 12.8. The Morgan fingerprint density at radius 1 is 0.288 bits per heavy atom. The van der Waals surface area contributed by atoms with E-state index in [1.807, 2.05) is 0 Å². The zero-order valence-corrected chi connectivity index (χ0v) is 47.9. The van der Waals surface area contributed by atoms with Crippen molar-refractivity contribution in [2.24, 2.45) is 0 Å². The Balaban J connectivity index is 4.41. The number of hydrogen-bond acceptors (Lipinski definition) is 6. The number of ether oxygens (including phenoxy) is 3. The van der Waals surface area contributed by atoms with Gasteiger partial charge in [-0.25, -0.2) is 0 Å². The number of rotatable bonds is 55. The molecule has 0 aliphatic carbocycles. The summed E-state index contributed by atoms with van der Waals surface area (Å²) in [6.45, 7) is 6.49. The van der Waals surface area contributed by atoms with Crippen LogP contribution in [0.15, 0.2) is 97.2 Å². The molecule has 0 saturated heterocycles. The lowest BCUT2D eigenvalue weighted by atomic mass is 10.1. The summed E-state index contributed by atoms with van der Waals surface area (Å²) in [5, 5.41) is 0. The van der Waals surface area contributed by atoms with Crippen molar-refractivity contribution in [1.29, 1.82) is 0 Å². The van der Waals surface area contributed by atoms with Crippen LogP contribution in [0.3, 0.4) is 0 Å². The smallest absolute Gasteiger partial charge is 0.306 e. The first-order chi connectivity index (χ1) is 36.0. The summed E-state index contributed by atoms with van der Waals surface area (Å²) in [7, 11) is 0. The molecule has 73 heavy (non-hydrogen) atoms. The predicted octanol–water partition coefficient (Wildman–Crippen LogP) is 20.9. The van der Waals surface area contributed by atoms with Crippen molar-refractivity contribution in [3.05, 3.63) is 97.2 Å². The fraction of sp³-hybridized carbons (Fsp3) is 0.716. The van der Waals surface area contributed by atoms with Crippen LogP contribution in [0.2, 0.25) is 0 Å². The topological polar surface area (TPSA) is 78.9 Å². The molecule has 0 aromatic rings. The van der Waals surface area contributed by atoms with E-state index in [9.17, 15) is 14.4 Å². The quantitative estimate of drug-likeness (QED) is 0.0261. The summed E-state index contributed by atoms with van der Waals surface area (Å²) < 4.78 is 16.9. The molecule has 0 heterocycles. The van der Waals surface area contributed by atoms with Crippen molar-refractivity contribution in [3.63, 3.8) is 0 Å². The zero-order chi connectivity index (χ0) is 52.9. The molecule has 0 spiro atoms. The molecule has 0 aliphatic rings. The number of carbonyl (C=O) groups excluding carboxylic acids is 3. The fourth-order valence-corrected chi connectivity index (χ4v) is 8.44. The molecule has 418 valence electrons. The van der Waals surface area contributed by atoms with E-state index in [4.69, 9.17) is 14.2 Å². The molecule has 0 radical (unpaired) electrons. The highest BCUT2D eigenvalue weighted by Gasteiger charge is 2.19. The molecule has 0 N–H and O–H groups in total. The maximum absolute atomic E-state index is 12.9.